The maximum absolute atomic E-state index is 10.8. The number of hydrogen-bond donors (Lipinski definition) is 0. The minimum absolute atomic E-state index is 0.0880. The van der Waals surface area contributed by atoms with Crippen molar-refractivity contribution in [2.75, 3.05) is 13.1 Å². The van der Waals surface area contributed by atoms with E-state index in [0.29, 0.717) is 6.54 Å². The van der Waals surface area contributed by atoms with E-state index in [9.17, 15) is 4.79 Å². The fraction of sp³-hybridized carbons (Fsp3) is 0.357. The molecule has 1 fully saturated rings. The number of aldehydes is 1. The van der Waals surface area contributed by atoms with Gasteiger partial charge in [-0.15, -0.1) is 0 Å². The van der Waals surface area contributed by atoms with Gasteiger partial charge in [0, 0.05) is 5.56 Å². The van der Waals surface area contributed by atoms with Gasteiger partial charge in [-0.1, -0.05) is 30.0 Å². The van der Waals surface area contributed by atoms with Gasteiger partial charge in [0.25, 0.3) is 0 Å². The van der Waals surface area contributed by atoms with E-state index >= 15 is 0 Å². The second kappa shape index (κ2) is 5.48. The Hall–Kier alpha value is -1.59. The third-order valence-corrected chi connectivity index (χ3v) is 2.86. The van der Waals surface area contributed by atoms with Crippen LogP contribution in [-0.4, -0.2) is 30.3 Å². The standard InChI is InChI=1S/C14H15NO/c16-12-14-9-5-11-15(14)10-4-8-13-6-2-1-3-7-13/h1-3,6-7,12,14H,5,9-11H2/t14-/m0/s1. The van der Waals surface area contributed by atoms with E-state index in [4.69, 9.17) is 0 Å². The average molecular weight is 213 g/mol. The first-order valence-electron chi connectivity index (χ1n) is 5.63. The molecule has 82 valence electrons. The van der Waals surface area contributed by atoms with Crippen molar-refractivity contribution in [1.29, 1.82) is 0 Å². The van der Waals surface area contributed by atoms with E-state index < -0.39 is 0 Å². The van der Waals surface area contributed by atoms with Crippen LogP contribution in [0.25, 0.3) is 0 Å². The number of hydrogen-bond acceptors (Lipinski definition) is 2. The van der Waals surface area contributed by atoms with Crippen LogP contribution in [0, 0.1) is 11.8 Å². The Morgan fingerprint density at radius 1 is 1.38 bits per heavy atom. The molecule has 2 heteroatoms. The van der Waals surface area contributed by atoms with E-state index in [0.717, 1.165) is 31.2 Å². The summed E-state index contributed by atoms with van der Waals surface area (Å²) in [6.07, 6.45) is 3.13. The molecule has 1 atom stereocenters. The van der Waals surface area contributed by atoms with Gasteiger partial charge in [0.05, 0.1) is 12.6 Å². The smallest absolute Gasteiger partial charge is 0.137 e. The quantitative estimate of drug-likeness (QED) is 0.550. The Labute approximate surface area is 96.3 Å². The zero-order chi connectivity index (χ0) is 11.2. The van der Waals surface area contributed by atoms with Crippen LogP contribution in [0.3, 0.4) is 0 Å². The normalized spacial score (nSPS) is 20.1. The van der Waals surface area contributed by atoms with Crippen molar-refractivity contribution < 1.29 is 4.79 Å². The van der Waals surface area contributed by atoms with Crippen molar-refractivity contribution in [3.05, 3.63) is 35.9 Å². The van der Waals surface area contributed by atoms with Crippen LogP contribution in [0.5, 0.6) is 0 Å². The second-order valence-electron chi connectivity index (χ2n) is 3.98. The second-order valence-corrected chi connectivity index (χ2v) is 3.98. The summed E-state index contributed by atoms with van der Waals surface area (Å²) < 4.78 is 0. The van der Waals surface area contributed by atoms with Gasteiger partial charge in [-0.2, -0.15) is 0 Å². The molecule has 1 aliphatic rings. The molecule has 2 rings (SSSR count). The van der Waals surface area contributed by atoms with E-state index in [1.807, 2.05) is 30.3 Å². The predicted molar refractivity (Wildman–Crippen MR) is 64.0 cm³/mol. The molecule has 1 heterocycles. The largest absolute Gasteiger partial charge is 0.302 e. The summed E-state index contributed by atoms with van der Waals surface area (Å²) in [6.45, 7) is 1.69. The first-order chi connectivity index (χ1) is 7.90. The van der Waals surface area contributed by atoms with Gasteiger partial charge >= 0.3 is 0 Å². The van der Waals surface area contributed by atoms with Crippen LogP contribution >= 0.6 is 0 Å². The third-order valence-electron chi connectivity index (χ3n) is 2.86. The molecule has 0 unspecified atom stereocenters. The number of nitrogens with zero attached hydrogens (tertiary/aromatic N) is 1. The SMILES string of the molecule is O=C[C@@H]1CCCN1CC#Cc1ccccc1. The molecule has 2 nitrogen and oxygen atoms in total. The van der Waals surface area contributed by atoms with Crippen molar-refractivity contribution in [3.63, 3.8) is 0 Å². The highest BCUT2D eigenvalue weighted by Crippen LogP contribution is 2.13. The van der Waals surface area contributed by atoms with Crippen LogP contribution in [-0.2, 0) is 4.79 Å². The van der Waals surface area contributed by atoms with Crippen LogP contribution < -0.4 is 0 Å². The Morgan fingerprint density at radius 2 is 2.19 bits per heavy atom. The first-order valence-corrected chi connectivity index (χ1v) is 5.63. The molecule has 1 aromatic rings. The number of likely N-dealkylation sites (tertiary alicyclic amines) is 1. The summed E-state index contributed by atoms with van der Waals surface area (Å²) >= 11 is 0. The Morgan fingerprint density at radius 3 is 2.94 bits per heavy atom. The lowest BCUT2D eigenvalue weighted by Crippen LogP contribution is -2.30. The zero-order valence-corrected chi connectivity index (χ0v) is 9.23. The molecule has 0 N–H and O–H groups in total. The molecule has 0 spiro atoms. The van der Waals surface area contributed by atoms with Crippen molar-refractivity contribution in [2.45, 2.75) is 18.9 Å². The lowest BCUT2D eigenvalue weighted by atomic mass is 10.2. The van der Waals surface area contributed by atoms with Crippen molar-refractivity contribution in [2.24, 2.45) is 0 Å². The Balaban J connectivity index is 1.92. The fourth-order valence-corrected chi connectivity index (χ4v) is 1.97. The van der Waals surface area contributed by atoms with Crippen LogP contribution in [0.2, 0.25) is 0 Å². The van der Waals surface area contributed by atoms with Gasteiger partial charge in [-0.25, -0.2) is 0 Å². The highest BCUT2D eigenvalue weighted by molar-refractivity contribution is 5.58. The third kappa shape index (κ3) is 2.71. The molecular weight excluding hydrogens is 198 g/mol. The van der Waals surface area contributed by atoms with Crippen molar-refractivity contribution in [3.8, 4) is 11.8 Å². The summed E-state index contributed by atoms with van der Waals surface area (Å²) in [5.74, 6) is 6.23. The average Bonchev–Trinajstić information content (AvgIpc) is 2.78. The molecule has 1 saturated heterocycles. The molecule has 0 saturated carbocycles. The minimum Gasteiger partial charge on any atom is -0.302 e. The lowest BCUT2D eigenvalue weighted by Gasteiger charge is -2.15. The van der Waals surface area contributed by atoms with Gasteiger partial charge in [-0.3, -0.25) is 4.90 Å². The predicted octanol–water partition coefficient (Wildman–Crippen LogP) is 1.70. The molecule has 16 heavy (non-hydrogen) atoms. The van der Waals surface area contributed by atoms with E-state index in [1.54, 1.807) is 0 Å². The summed E-state index contributed by atoms with van der Waals surface area (Å²) in [5.41, 5.74) is 1.03. The van der Waals surface area contributed by atoms with Gasteiger partial charge in [0.15, 0.2) is 0 Å². The Kier molecular flexibility index (Phi) is 3.74. The summed E-state index contributed by atoms with van der Waals surface area (Å²) in [5, 5.41) is 0. The van der Waals surface area contributed by atoms with Crippen molar-refractivity contribution in [1.82, 2.24) is 4.90 Å². The summed E-state index contributed by atoms with van der Waals surface area (Å²) in [7, 11) is 0. The summed E-state index contributed by atoms with van der Waals surface area (Å²) in [4.78, 5) is 12.9. The molecular formula is C14H15NO. The molecule has 0 amide bonds. The number of benzene rings is 1. The fourth-order valence-electron chi connectivity index (χ4n) is 1.97. The van der Waals surface area contributed by atoms with Gasteiger partial charge in [-0.05, 0) is 31.5 Å². The maximum Gasteiger partial charge on any atom is 0.137 e. The molecule has 0 aromatic heterocycles. The molecule has 1 aliphatic heterocycles. The van der Waals surface area contributed by atoms with Crippen LogP contribution in [0.15, 0.2) is 30.3 Å². The number of carbonyl (C=O) groups excluding carboxylic acids is 1. The molecule has 0 radical (unpaired) electrons. The highest BCUT2D eigenvalue weighted by Gasteiger charge is 2.22. The highest BCUT2D eigenvalue weighted by atomic mass is 16.1. The monoisotopic (exact) mass is 213 g/mol. The Bertz CT molecular complexity index is 402. The van der Waals surface area contributed by atoms with E-state index in [2.05, 4.69) is 16.7 Å². The topological polar surface area (TPSA) is 20.3 Å². The molecule has 0 aliphatic carbocycles. The lowest BCUT2D eigenvalue weighted by molar-refractivity contribution is -0.111. The van der Waals surface area contributed by atoms with Crippen molar-refractivity contribution >= 4 is 6.29 Å². The zero-order valence-electron chi connectivity index (χ0n) is 9.23. The van der Waals surface area contributed by atoms with E-state index in [-0.39, 0.29) is 6.04 Å². The van der Waals surface area contributed by atoms with Crippen LogP contribution in [0.1, 0.15) is 18.4 Å². The van der Waals surface area contributed by atoms with E-state index in [1.165, 1.54) is 0 Å². The van der Waals surface area contributed by atoms with Crippen LogP contribution in [0.4, 0.5) is 0 Å². The molecule has 1 aromatic carbocycles. The number of carbonyl (C=O) groups is 1. The summed E-state index contributed by atoms with van der Waals surface area (Å²) in [6, 6.07) is 10.0. The molecule has 0 bridgehead atoms. The van der Waals surface area contributed by atoms with Gasteiger partial charge in [0.2, 0.25) is 0 Å². The number of rotatable bonds is 2. The first kappa shape index (κ1) is 10.9. The maximum atomic E-state index is 10.8. The van der Waals surface area contributed by atoms with Gasteiger partial charge < -0.3 is 4.79 Å². The van der Waals surface area contributed by atoms with Gasteiger partial charge in [0.1, 0.15) is 6.29 Å². The minimum atomic E-state index is 0.0880.